The molecule has 0 bridgehead atoms. The maximum atomic E-state index is 2.33. The molecule has 0 fully saturated rings. The first-order valence-electron chi connectivity index (χ1n) is 15.3. The maximum absolute atomic E-state index is 2.33. The standard InChI is InChI=1S/C36H50S2/c1-3-5-7-9-11-13-15-29-37-35-25-21-33(22-26-35)34-23-27-36(28-24-34)38-30-32-19-17-31(18-20-32)16-14-12-10-8-6-4-2/h17-28H,3-16,29-30H2,1-2H3. The van der Waals surface area contributed by atoms with Crippen LogP contribution in [0.15, 0.2) is 82.6 Å². The van der Waals surface area contributed by atoms with Gasteiger partial charge in [-0.3, -0.25) is 0 Å². The van der Waals surface area contributed by atoms with E-state index < -0.39 is 0 Å². The van der Waals surface area contributed by atoms with Gasteiger partial charge in [-0.25, -0.2) is 0 Å². The van der Waals surface area contributed by atoms with Crippen LogP contribution in [0.25, 0.3) is 11.1 Å². The molecule has 0 amide bonds. The number of benzene rings is 3. The topological polar surface area (TPSA) is 0 Å². The fourth-order valence-corrected chi connectivity index (χ4v) is 6.58. The Morgan fingerprint density at radius 3 is 1.42 bits per heavy atom. The molecule has 3 rings (SSSR count). The SMILES string of the molecule is CCCCCCCCCSc1ccc(-c2ccc(SCc3ccc(CCCCCCCC)cc3)cc2)cc1. The van der Waals surface area contributed by atoms with Crippen molar-refractivity contribution in [1.29, 1.82) is 0 Å². The Kier molecular flexibility index (Phi) is 15.8. The van der Waals surface area contributed by atoms with Gasteiger partial charge in [-0.1, -0.05) is 133 Å². The van der Waals surface area contributed by atoms with Crippen molar-refractivity contribution in [3.8, 4) is 11.1 Å². The first kappa shape index (κ1) is 30.9. The Morgan fingerprint density at radius 2 is 0.868 bits per heavy atom. The molecule has 0 aliphatic heterocycles. The van der Waals surface area contributed by atoms with Crippen molar-refractivity contribution in [2.24, 2.45) is 0 Å². The van der Waals surface area contributed by atoms with Gasteiger partial charge in [0, 0.05) is 15.5 Å². The third kappa shape index (κ3) is 12.5. The van der Waals surface area contributed by atoms with Crippen LogP contribution in [0.1, 0.15) is 108 Å². The molecule has 3 aromatic rings. The van der Waals surface area contributed by atoms with Crippen LogP contribution < -0.4 is 0 Å². The highest BCUT2D eigenvalue weighted by Gasteiger charge is 2.02. The molecule has 0 nitrogen and oxygen atoms in total. The molecule has 0 unspecified atom stereocenters. The first-order chi connectivity index (χ1) is 18.8. The van der Waals surface area contributed by atoms with Gasteiger partial charge in [-0.15, -0.1) is 23.5 Å². The summed E-state index contributed by atoms with van der Waals surface area (Å²) in [5.41, 5.74) is 5.51. The smallest absolute Gasteiger partial charge is 0.0231 e. The molecule has 0 saturated heterocycles. The largest absolute Gasteiger partial charge is 0.126 e. The summed E-state index contributed by atoms with van der Waals surface area (Å²) in [4.78, 5) is 2.73. The van der Waals surface area contributed by atoms with Crippen LogP contribution in [0.3, 0.4) is 0 Å². The zero-order chi connectivity index (χ0) is 26.7. The van der Waals surface area contributed by atoms with Gasteiger partial charge in [0.2, 0.25) is 0 Å². The van der Waals surface area contributed by atoms with Crippen LogP contribution >= 0.6 is 23.5 Å². The number of hydrogen-bond acceptors (Lipinski definition) is 2. The van der Waals surface area contributed by atoms with Crippen molar-refractivity contribution in [3.05, 3.63) is 83.9 Å². The van der Waals surface area contributed by atoms with E-state index >= 15 is 0 Å². The van der Waals surface area contributed by atoms with E-state index in [1.165, 1.54) is 128 Å². The lowest BCUT2D eigenvalue weighted by atomic mass is 10.0. The van der Waals surface area contributed by atoms with E-state index in [1.807, 2.05) is 23.5 Å². The fraction of sp³-hybridized carbons (Fsp3) is 0.500. The molecule has 0 aliphatic rings. The summed E-state index contributed by atoms with van der Waals surface area (Å²) < 4.78 is 0. The van der Waals surface area contributed by atoms with Gasteiger partial charge < -0.3 is 0 Å². The van der Waals surface area contributed by atoms with E-state index in [0.717, 1.165) is 5.75 Å². The summed E-state index contributed by atoms with van der Waals surface area (Å²) in [6.07, 6.45) is 19.1. The Labute approximate surface area is 242 Å². The van der Waals surface area contributed by atoms with Crippen LogP contribution in [-0.2, 0) is 12.2 Å². The third-order valence-electron chi connectivity index (χ3n) is 7.31. The molecular formula is C36H50S2. The van der Waals surface area contributed by atoms with E-state index in [9.17, 15) is 0 Å². The maximum Gasteiger partial charge on any atom is 0.0231 e. The monoisotopic (exact) mass is 546 g/mol. The second-order valence-corrected chi connectivity index (χ2v) is 12.9. The van der Waals surface area contributed by atoms with Crippen molar-refractivity contribution in [1.82, 2.24) is 0 Å². The number of rotatable bonds is 20. The van der Waals surface area contributed by atoms with E-state index in [2.05, 4.69) is 86.6 Å². The molecule has 0 atom stereocenters. The van der Waals surface area contributed by atoms with Crippen LogP contribution in [-0.4, -0.2) is 5.75 Å². The normalized spacial score (nSPS) is 11.2. The van der Waals surface area contributed by atoms with Crippen LogP contribution in [0.4, 0.5) is 0 Å². The second-order valence-electron chi connectivity index (χ2n) is 10.6. The van der Waals surface area contributed by atoms with E-state index in [-0.39, 0.29) is 0 Å². The molecule has 38 heavy (non-hydrogen) atoms. The molecule has 0 saturated carbocycles. The minimum Gasteiger partial charge on any atom is -0.126 e. The Morgan fingerprint density at radius 1 is 0.421 bits per heavy atom. The molecule has 206 valence electrons. The fourth-order valence-electron chi connectivity index (χ4n) is 4.81. The van der Waals surface area contributed by atoms with Gasteiger partial charge >= 0.3 is 0 Å². The van der Waals surface area contributed by atoms with E-state index in [0.29, 0.717) is 0 Å². The van der Waals surface area contributed by atoms with Crippen molar-refractivity contribution in [2.75, 3.05) is 5.75 Å². The summed E-state index contributed by atoms with van der Waals surface area (Å²) in [7, 11) is 0. The van der Waals surface area contributed by atoms with Gasteiger partial charge in [-0.2, -0.15) is 0 Å². The highest BCUT2D eigenvalue weighted by atomic mass is 32.2. The predicted molar refractivity (Wildman–Crippen MR) is 174 cm³/mol. The number of unbranched alkanes of at least 4 members (excludes halogenated alkanes) is 11. The van der Waals surface area contributed by atoms with Crippen molar-refractivity contribution in [2.45, 2.75) is 119 Å². The highest BCUT2D eigenvalue weighted by Crippen LogP contribution is 2.29. The lowest BCUT2D eigenvalue weighted by Gasteiger charge is -2.07. The molecule has 0 heterocycles. The average molecular weight is 547 g/mol. The Balaban J connectivity index is 1.34. The van der Waals surface area contributed by atoms with E-state index in [1.54, 1.807) is 0 Å². The predicted octanol–water partition coefficient (Wildman–Crippen LogP) is 12.4. The number of thioether (sulfide) groups is 2. The molecule has 0 aromatic heterocycles. The van der Waals surface area contributed by atoms with Gasteiger partial charge in [0.1, 0.15) is 0 Å². The van der Waals surface area contributed by atoms with Gasteiger partial charge in [0.05, 0.1) is 0 Å². The molecule has 2 heteroatoms. The minimum atomic E-state index is 1.03. The summed E-state index contributed by atoms with van der Waals surface area (Å²) in [6.45, 7) is 4.57. The Hall–Kier alpha value is -1.64. The van der Waals surface area contributed by atoms with E-state index in [4.69, 9.17) is 0 Å². The molecule has 0 spiro atoms. The van der Waals surface area contributed by atoms with Gasteiger partial charge in [-0.05, 0) is 71.5 Å². The van der Waals surface area contributed by atoms with Crippen LogP contribution in [0.2, 0.25) is 0 Å². The quantitative estimate of drug-likeness (QED) is 0.102. The first-order valence-corrected chi connectivity index (χ1v) is 17.3. The second kappa shape index (κ2) is 19.4. The van der Waals surface area contributed by atoms with Gasteiger partial charge in [0.15, 0.2) is 0 Å². The van der Waals surface area contributed by atoms with Gasteiger partial charge in [0.25, 0.3) is 0 Å². The van der Waals surface area contributed by atoms with Crippen molar-refractivity contribution < 1.29 is 0 Å². The molecular weight excluding hydrogens is 497 g/mol. The lowest BCUT2D eigenvalue weighted by molar-refractivity contribution is 0.603. The minimum absolute atomic E-state index is 1.03. The number of hydrogen-bond donors (Lipinski definition) is 0. The third-order valence-corrected chi connectivity index (χ3v) is 9.49. The molecule has 3 aromatic carbocycles. The van der Waals surface area contributed by atoms with Crippen molar-refractivity contribution in [3.63, 3.8) is 0 Å². The average Bonchev–Trinajstić information content (AvgIpc) is 2.96. The zero-order valence-electron chi connectivity index (χ0n) is 24.1. The lowest BCUT2D eigenvalue weighted by Crippen LogP contribution is -1.88. The molecule has 0 N–H and O–H groups in total. The number of aryl methyl sites for hydroxylation is 1. The van der Waals surface area contributed by atoms with Crippen LogP contribution in [0, 0.1) is 0 Å². The summed E-state index contributed by atoms with van der Waals surface area (Å²) in [6, 6.07) is 27.5. The highest BCUT2D eigenvalue weighted by molar-refractivity contribution is 7.99. The zero-order valence-corrected chi connectivity index (χ0v) is 25.7. The summed E-state index contributed by atoms with van der Waals surface area (Å²) >= 11 is 3.93. The molecule has 0 aliphatic carbocycles. The van der Waals surface area contributed by atoms with Crippen molar-refractivity contribution >= 4 is 23.5 Å². The Bertz CT molecular complexity index is 973. The molecule has 0 radical (unpaired) electrons. The summed E-state index contributed by atoms with van der Waals surface area (Å²) in [5, 5.41) is 0. The summed E-state index contributed by atoms with van der Waals surface area (Å²) in [5.74, 6) is 2.27. The van der Waals surface area contributed by atoms with Crippen LogP contribution in [0.5, 0.6) is 0 Å².